The molecule has 0 aliphatic heterocycles. The Labute approximate surface area is 200 Å². The van der Waals surface area contributed by atoms with Crippen molar-refractivity contribution >= 4 is 34.5 Å². The van der Waals surface area contributed by atoms with Gasteiger partial charge in [0.25, 0.3) is 0 Å². The number of hydrogen-bond acceptors (Lipinski definition) is 6. The van der Waals surface area contributed by atoms with Crippen LogP contribution in [0.2, 0.25) is 0 Å². The van der Waals surface area contributed by atoms with E-state index in [1.165, 1.54) is 4.90 Å². The third-order valence-corrected chi connectivity index (χ3v) is 6.23. The average Bonchev–Trinajstić information content (AvgIpc) is 3.42. The molecule has 7 heteroatoms. The Bertz CT molecular complexity index is 1470. The highest BCUT2D eigenvalue weighted by atomic mass is 32.2. The van der Waals surface area contributed by atoms with Crippen molar-refractivity contribution in [1.82, 2.24) is 9.97 Å². The zero-order chi connectivity index (χ0) is 23.5. The van der Waals surface area contributed by atoms with Crippen molar-refractivity contribution in [2.45, 2.75) is 11.4 Å². The molecule has 0 fully saturated rings. The lowest BCUT2D eigenvalue weighted by Gasteiger charge is -2.12. The van der Waals surface area contributed by atoms with E-state index in [9.17, 15) is 4.79 Å². The lowest BCUT2D eigenvalue weighted by Crippen LogP contribution is -2.05. The van der Waals surface area contributed by atoms with Gasteiger partial charge >= 0.3 is 5.97 Å². The number of aromatic carboxylic acids is 1. The molecule has 0 aliphatic carbocycles. The number of nitrogens with one attached hydrogen (secondary N) is 1. The molecule has 2 heterocycles. The van der Waals surface area contributed by atoms with Crippen LogP contribution in [0.5, 0.6) is 0 Å². The molecule has 2 N–H and O–H groups in total. The summed E-state index contributed by atoms with van der Waals surface area (Å²) >= 11 is 1.71. The molecular formula is C27H21N3O3S. The summed E-state index contributed by atoms with van der Waals surface area (Å²) in [7, 11) is 0. The molecule has 0 unspecified atom stereocenters. The second kappa shape index (κ2) is 9.41. The molecule has 2 aromatic heterocycles. The van der Waals surface area contributed by atoms with Gasteiger partial charge in [0.1, 0.15) is 5.82 Å². The first kappa shape index (κ1) is 21.7. The maximum absolute atomic E-state index is 11.1. The SMILES string of the molecule is CSc1cccc(-c2ccc3c(NCc4ccc(C(=O)O)cc4)nc(-c4ccco4)nc3c2)c1. The van der Waals surface area contributed by atoms with Crippen LogP contribution in [0.4, 0.5) is 5.82 Å². The van der Waals surface area contributed by atoms with Crippen LogP contribution in [0.25, 0.3) is 33.6 Å². The Balaban J connectivity index is 1.53. The van der Waals surface area contributed by atoms with Gasteiger partial charge in [-0.25, -0.2) is 14.8 Å². The average molecular weight is 468 g/mol. The van der Waals surface area contributed by atoms with Gasteiger partial charge in [-0.05, 0) is 71.5 Å². The molecule has 5 aromatic rings. The zero-order valence-electron chi connectivity index (χ0n) is 18.4. The van der Waals surface area contributed by atoms with E-state index in [1.807, 2.05) is 18.2 Å². The van der Waals surface area contributed by atoms with Crippen molar-refractivity contribution in [3.63, 3.8) is 0 Å². The number of carboxylic acids is 1. The number of anilines is 1. The van der Waals surface area contributed by atoms with Crippen LogP contribution in [0.3, 0.4) is 0 Å². The molecule has 0 bridgehead atoms. The number of benzene rings is 3. The second-order valence-electron chi connectivity index (χ2n) is 7.69. The normalized spacial score (nSPS) is 11.0. The first-order chi connectivity index (χ1) is 16.6. The van der Waals surface area contributed by atoms with Crippen LogP contribution in [0, 0.1) is 0 Å². The monoisotopic (exact) mass is 467 g/mol. The van der Waals surface area contributed by atoms with Gasteiger partial charge in [-0.2, -0.15) is 0 Å². The van der Waals surface area contributed by atoms with Gasteiger partial charge in [0.2, 0.25) is 0 Å². The fourth-order valence-corrected chi connectivity index (χ4v) is 4.17. The number of thioether (sulfide) groups is 1. The first-order valence-electron chi connectivity index (χ1n) is 10.7. The van der Waals surface area contributed by atoms with Gasteiger partial charge in [0, 0.05) is 16.8 Å². The predicted octanol–water partition coefficient (Wildman–Crippen LogP) is 6.59. The molecule has 0 radical (unpaired) electrons. The van der Waals surface area contributed by atoms with E-state index in [2.05, 4.69) is 48.0 Å². The molecule has 0 saturated heterocycles. The summed E-state index contributed by atoms with van der Waals surface area (Å²) in [5.74, 6) is 0.827. The first-order valence-corrected chi connectivity index (χ1v) is 11.9. The van der Waals surface area contributed by atoms with Gasteiger partial charge in [-0.3, -0.25) is 0 Å². The highest BCUT2D eigenvalue weighted by molar-refractivity contribution is 7.98. The van der Waals surface area contributed by atoms with Crippen molar-refractivity contribution in [3.8, 4) is 22.7 Å². The fourth-order valence-electron chi connectivity index (χ4n) is 3.71. The minimum atomic E-state index is -0.941. The lowest BCUT2D eigenvalue weighted by atomic mass is 10.0. The Morgan fingerprint density at radius 3 is 2.53 bits per heavy atom. The Kier molecular flexibility index (Phi) is 6.01. The second-order valence-corrected chi connectivity index (χ2v) is 8.57. The molecule has 0 aliphatic rings. The summed E-state index contributed by atoms with van der Waals surface area (Å²) in [6.07, 6.45) is 3.67. The zero-order valence-corrected chi connectivity index (χ0v) is 19.2. The van der Waals surface area contributed by atoms with Gasteiger partial charge in [0.15, 0.2) is 11.6 Å². The Morgan fingerprint density at radius 1 is 0.971 bits per heavy atom. The van der Waals surface area contributed by atoms with E-state index in [4.69, 9.17) is 19.5 Å². The molecule has 6 nitrogen and oxygen atoms in total. The summed E-state index contributed by atoms with van der Waals surface area (Å²) in [5.41, 5.74) is 4.20. The molecule has 5 rings (SSSR count). The largest absolute Gasteiger partial charge is 0.478 e. The molecule has 3 aromatic carbocycles. The highest BCUT2D eigenvalue weighted by Gasteiger charge is 2.13. The number of hydrogen-bond donors (Lipinski definition) is 2. The molecular weight excluding hydrogens is 446 g/mol. The van der Waals surface area contributed by atoms with Crippen molar-refractivity contribution in [3.05, 3.63) is 96.3 Å². The summed E-state index contributed by atoms with van der Waals surface area (Å²) in [5, 5.41) is 13.4. The van der Waals surface area contributed by atoms with Crippen LogP contribution in [-0.4, -0.2) is 27.3 Å². The number of aromatic nitrogens is 2. The maximum atomic E-state index is 11.1. The number of fused-ring (bicyclic) bond motifs is 1. The van der Waals surface area contributed by atoms with E-state index in [-0.39, 0.29) is 5.56 Å². The highest BCUT2D eigenvalue weighted by Crippen LogP contribution is 2.31. The number of carboxylic acid groups (broad SMARTS) is 1. The number of carbonyl (C=O) groups is 1. The van der Waals surface area contributed by atoms with Crippen molar-refractivity contribution in [1.29, 1.82) is 0 Å². The summed E-state index contributed by atoms with van der Waals surface area (Å²) in [6, 6.07) is 25.0. The number of nitrogens with zero attached hydrogens (tertiary/aromatic N) is 2. The molecule has 34 heavy (non-hydrogen) atoms. The minimum Gasteiger partial charge on any atom is -0.478 e. The molecule has 0 amide bonds. The Hall–Kier alpha value is -4.10. The van der Waals surface area contributed by atoms with Crippen molar-refractivity contribution in [2.24, 2.45) is 0 Å². The fraction of sp³-hybridized carbons (Fsp3) is 0.0741. The van der Waals surface area contributed by atoms with Crippen molar-refractivity contribution in [2.75, 3.05) is 11.6 Å². The number of rotatable bonds is 7. The standard InChI is InChI=1S/C27H21N3O3S/c1-34-21-5-2-4-19(14-21)20-11-12-22-23(15-20)29-26(24-6-3-13-33-24)30-25(22)28-16-17-7-9-18(10-8-17)27(31)32/h2-15H,16H2,1H3,(H,31,32)(H,28,29,30). The lowest BCUT2D eigenvalue weighted by molar-refractivity contribution is 0.0697. The molecule has 0 saturated carbocycles. The number of furan rings is 1. The van der Waals surface area contributed by atoms with Crippen LogP contribution < -0.4 is 5.32 Å². The van der Waals surface area contributed by atoms with Gasteiger partial charge in [-0.1, -0.05) is 30.3 Å². The van der Waals surface area contributed by atoms with Crippen LogP contribution in [-0.2, 0) is 6.54 Å². The van der Waals surface area contributed by atoms with E-state index < -0.39 is 5.97 Å². The van der Waals surface area contributed by atoms with Gasteiger partial charge in [-0.15, -0.1) is 11.8 Å². The van der Waals surface area contributed by atoms with E-state index in [0.29, 0.717) is 23.9 Å². The third-order valence-electron chi connectivity index (χ3n) is 5.50. The Morgan fingerprint density at radius 2 is 1.79 bits per heavy atom. The van der Waals surface area contributed by atoms with Crippen LogP contribution in [0.15, 0.2) is 94.4 Å². The van der Waals surface area contributed by atoms with E-state index in [0.717, 1.165) is 27.6 Å². The van der Waals surface area contributed by atoms with Gasteiger partial charge < -0.3 is 14.8 Å². The quantitative estimate of drug-likeness (QED) is 0.261. The predicted molar refractivity (Wildman–Crippen MR) is 135 cm³/mol. The van der Waals surface area contributed by atoms with E-state index >= 15 is 0 Å². The van der Waals surface area contributed by atoms with Crippen LogP contribution in [0.1, 0.15) is 15.9 Å². The smallest absolute Gasteiger partial charge is 0.335 e. The summed E-state index contributed by atoms with van der Waals surface area (Å²) < 4.78 is 5.56. The molecule has 0 spiro atoms. The summed E-state index contributed by atoms with van der Waals surface area (Å²) in [6.45, 7) is 0.487. The van der Waals surface area contributed by atoms with Crippen LogP contribution >= 0.6 is 11.8 Å². The van der Waals surface area contributed by atoms with E-state index in [1.54, 1.807) is 42.3 Å². The third kappa shape index (κ3) is 4.51. The van der Waals surface area contributed by atoms with Gasteiger partial charge in [0.05, 0.1) is 17.3 Å². The topological polar surface area (TPSA) is 88.2 Å². The maximum Gasteiger partial charge on any atom is 0.335 e. The minimum absolute atomic E-state index is 0.259. The van der Waals surface area contributed by atoms with Crippen molar-refractivity contribution < 1.29 is 14.3 Å². The summed E-state index contributed by atoms with van der Waals surface area (Å²) in [4.78, 5) is 21.8. The molecule has 0 atom stereocenters. The molecule has 168 valence electrons.